The Kier molecular flexibility index (Phi) is 4.03. The summed E-state index contributed by atoms with van der Waals surface area (Å²) in [6, 6.07) is 9.25. The van der Waals surface area contributed by atoms with E-state index in [4.69, 9.17) is 0 Å². The lowest BCUT2D eigenvalue weighted by molar-refractivity contribution is -0.274. The van der Waals surface area contributed by atoms with Crippen LogP contribution in [-0.2, 0) is 0 Å². The molecule has 0 saturated carbocycles. The number of carbonyl (C=O) groups excluding carboxylic acids is 2. The van der Waals surface area contributed by atoms with Gasteiger partial charge in [-0.25, -0.2) is 4.90 Å². The summed E-state index contributed by atoms with van der Waals surface area (Å²) >= 11 is 0. The van der Waals surface area contributed by atoms with Gasteiger partial charge in [-0.05, 0) is 42.0 Å². The van der Waals surface area contributed by atoms with Crippen molar-refractivity contribution in [1.82, 2.24) is 0 Å². The van der Waals surface area contributed by atoms with Crippen LogP contribution in [0.1, 0.15) is 26.3 Å². The average molecular weight is 348 g/mol. The van der Waals surface area contributed by atoms with E-state index in [2.05, 4.69) is 9.73 Å². The number of benzene rings is 2. The second-order valence-corrected chi connectivity index (χ2v) is 5.18. The first-order valence-electron chi connectivity index (χ1n) is 7.11. The smallest absolute Gasteiger partial charge is 0.406 e. The summed E-state index contributed by atoms with van der Waals surface area (Å²) in [6.45, 7) is 0. The maximum atomic E-state index is 12.5. The summed E-state index contributed by atoms with van der Waals surface area (Å²) in [5.74, 6) is -1.52. The Labute approximate surface area is 140 Å². The Morgan fingerprint density at radius 3 is 2.24 bits per heavy atom. The van der Waals surface area contributed by atoms with Crippen LogP contribution >= 0.6 is 0 Å². The van der Waals surface area contributed by atoms with Crippen LogP contribution in [0.15, 0.2) is 47.5 Å². The van der Waals surface area contributed by atoms with Crippen molar-refractivity contribution < 1.29 is 27.5 Å². The highest BCUT2D eigenvalue weighted by Gasteiger charge is 2.37. The SMILES string of the molecule is C/N=C/c1ccc2c(c1)C(=O)N(c1ccc(OC(F)(F)F)cc1)C2=O. The molecule has 0 N–H and O–H groups in total. The van der Waals surface area contributed by atoms with Crippen LogP contribution < -0.4 is 9.64 Å². The van der Waals surface area contributed by atoms with Crippen LogP contribution in [0.25, 0.3) is 0 Å². The van der Waals surface area contributed by atoms with Gasteiger partial charge in [-0.3, -0.25) is 14.6 Å². The number of aliphatic imine (C=N–C) groups is 1. The molecule has 0 unspecified atom stereocenters. The number of hydrogen-bond acceptors (Lipinski definition) is 4. The van der Waals surface area contributed by atoms with Crippen LogP contribution in [-0.4, -0.2) is 31.4 Å². The van der Waals surface area contributed by atoms with E-state index < -0.39 is 23.9 Å². The van der Waals surface area contributed by atoms with Crippen LogP contribution in [0.2, 0.25) is 0 Å². The van der Waals surface area contributed by atoms with Crippen molar-refractivity contribution in [3.63, 3.8) is 0 Å². The van der Waals surface area contributed by atoms with Gasteiger partial charge in [0.2, 0.25) is 0 Å². The first-order valence-corrected chi connectivity index (χ1v) is 7.11. The maximum Gasteiger partial charge on any atom is 0.573 e. The van der Waals surface area contributed by atoms with Crippen molar-refractivity contribution in [2.45, 2.75) is 6.36 Å². The Morgan fingerprint density at radius 2 is 1.64 bits per heavy atom. The van der Waals surface area contributed by atoms with E-state index in [1.807, 2.05) is 0 Å². The zero-order valence-corrected chi connectivity index (χ0v) is 12.9. The molecule has 0 saturated heterocycles. The molecule has 1 aliphatic rings. The maximum absolute atomic E-state index is 12.5. The Morgan fingerprint density at radius 1 is 1.00 bits per heavy atom. The van der Waals surface area contributed by atoms with E-state index in [9.17, 15) is 22.8 Å². The average Bonchev–Trinajstić information content (AvgIpc) is 2.78. The van der Waals surface area contributed by atoms with E-state index in [-0.39, 0.29) is 16.8 Å². The van der Waals surface area contributed by atoms with E-state index in [0.29, 0.717) is 5.56 Å². The first kappa shape index (κ1) is 16.7. The lowest BCUT2D eigenvalue weighted by Gasteiger charge is -2.15. The molecule has 25 heavy (non-hydrogen) atoms. The van der Waals surface area contributed by atoms with Gasteiger partial charge >= 0.3 is 6.36 Å². The predicted molar refractivity (Wildman–Crippen MR) is 84.2 cm³/mol. The molecular weight excluding hydrogens is 337 g/mol. The number of fused-ring (bicyclic) bond motifs is 1. The third-order valence-electron chi connectivity index (χ3n) is 3.52. The van der Waals surface area contributed by atoms with Crippen LogP contribution in [0.4, 0.5) is 18.9 Å². The number of carbonyl (C=O) groups is 2. The normalized spacial score (nSPS) is 14.3. The fourth-order valence-corrected chi connectivity index (χ4v) is 2.52. The summed E-state index contributed by atoms with van der Waals surface area (Å²) in [7, 11) is 1.58. The largest absolute Gasteiger partial charge is 0.573 e. The zero-order valence-electron chi connectivity index (χ0n) is 12.9. The highest BCUT2D eigenvalue weighted by Crippen LogP contribution is 2.31. The minimum Gasteiger partial charge on any atom is -0.406 e. The molecule has 2 aromatic carbocycles. The predicted octanol–water partition coefficient (Wildman–Crippen LogP) is 3.43. The van der Waals surface area contributed by atoms with Gasteiger partial charge < -0.3 is 4.74 Å². The van der Waals surface area contributed by atoms with Crippen LogP contribution in [0, 0.1) is 0 Å². The second kappa shape index (κ2) is 6.04. The number of hydrogen-bond donors (Lipinski definition) is 0. The molecule has 5 nitrogen and oxygen atoms in total. The van der Waals surface area contributed by atoms with Crippen molar-refractivity contribution in [3.05, 3.63) is 59.2 Å². The van der Waals surface area contributed by atoms with Crippen molar-refractivity contribution in [2.24, 2.45) is 4.99 Å². The highest BCUT2D eigenvalue weighted by molar-refractivity contribution is 6.34. The van der Waals surface area contributed by atoms with E-state index in [1.165, 1.54) is 18.2 Å². The van der Waals surface area contributed by atoms with Crippen molar-refractivity contribution in [2.75, 3.05) is 11.9 Å². The monoisotopic (exact) mass is 348 g/mol. The lowest BCUT2D eigenvalue weighted by Crippen LogP contribution is -2.29. The van der Waals surface area contributed by atoms with Gasteiger partial charge in [0.15, 0.2) is 0 Å². The fourth-order valence-electron chi connectivity index (χ4n) is 2.52. The molecule has 0 aliphatic carbocycles. The number of nitrogens with zero attached hydrogens (tertiary/aromatic N) is 2. The topological polar surface area (TPSA) is 59.0 Å². The number of imide groups is 1. The minimum absolute atomic E-state index is 0.159. The third-order valence-corrected chi connectivity index (χ3v) is 3.52. The molecule has 8 heteroatoms. The summed E-state index contributed by atoms with van der Waals surface area (Å²) in [6.07, 6.45) is -3.27. The summed E-state index contributed by atoms with van der Waals surface area (Å²) in [5, 5.41) is 0. The molecule has 0 atom stereocenters. The molecule has 0 radical (unpaired) electrons. The molecular formula is C17H11F3N2O3. The molecule has 1 aliphatic heterocycles. The molecule has 3 rings (SSSR count). The molecule has 0 fully saturated rings. The quantitative estimate of drug-likeness (QED) is 0.631. The standard InChI is InChI=1S/C17H11F3N2O3/c1-21-9-10-2-7-13-14(8-10)16(24)22(15(13)23)11-3-5-12(6-4-11)25-17(18,19)20/h2-9H,1H3/b21-9+. The van der Waals surface area contributed by atoms with Gasteiger partial charge in [0.1, 0.15) is 5.75 Å². The number of ether oxygens (including phenoxy) is 1. The van der Waals surface area contributed by atoms with Gasteiger partial charge in [-0.2, -0.15) is 0 Å². The van der Waals surface area contributed by atoms with E-state index >= 15 is 0 Å². The third kappa shape index (κ3) is 3.23. The molecule has 2 aromatic rings. The Hall–Kier alpha value is -3.16. The Bertz CT molecular complexity index is 874. The number of halogens is 3. The van der Waals surface area contributed by atoms with Crippen molar-refractivity contribution in [3.8, 4) is 5.75 Å². The summed E-state index contributed by atoms with van der Waals surface area (Å²) in [4.78, 5) is 29.7. The Balaban J connectivity index is 1.91. The molecule has 1 heterocycles. The number of rotatable bonds is 3. The lowest BCUT2D eigenvalue weighted by atomic mass is 10.1. The fraction of sp³-hybridized carbons (Fsp3) is 0.118. The van der Waals surface area contributed by atoms with Gasteiger partial charge in [0.05, 0.1) is 16.8 Å². The van der Waals surface area contributed by atoms with Gasteiger partial charge in [0.25, 0.3) is 11.8 Å². The van der Waals surface area contributed by atoms with Crippen LogP contribution in [0.5, 0.6) is 5.75 Å². The van der Waals surface area contributed by atoms with Crippen LogP contribution in [0.3, 0.4) is 0 Å². The van der Waals surface area contributed by atoms with Gasteiger partial charge in [-0.15, -0.1) is 13.2 Å². The number of amides is 2. The number of anilines is 1. The zero-order chi connectivity index (χ0) is 18.2. The van der Waals surface area contributed by atoms with E-state index in [0.717, 1.165) is 17.0 Å². The van der Waals surface area contributed by atoms with Crippen molar-refractivity contribution >= 4 is 23.7 Å². The molecule has 0 spiro atoms. The number of alkyl halides is 3. The summed E-state index contributed by atoms with van der Waals surface area (Å²) in [5.41, 5.74) is 1.27. The minimum atomic E-state index is -4.81. The molecule has 0 aromatic heterocycles. The van der Waals surface area contributed by atoms with E-state index in [1.54, 1.807) is 25.4 Å². The first-order chi connectivity index (χ1) is 11.8. The molecule has 128 valence electrons. The van der Waals surface area contributed by atoms with Crippen molar-refractivity contribution in [1.29, 1.82) is 0 Å². The highest BCUT2D eigenvalue weighted by atomic mass is 19.4. The summed E-state index contributed by atoms with van der Waals surface area (Å²) < 4.78 is 40.4. The molecule has 2 amide bonds. The van der Waals surface area contributed by atoms with Gasteiger partial charge in [0, 0.05) is 13.3 Å². The second-order valence-electron chi connectivity index (χ2n) is 5.18. The molecule has 0 bridgehead atoms. The van der Waals surface area contributed by atoms with Gasteiger partial charge in [-0.1, -0.05) is 6.07 Å².